The van der Waals surface area contributed by atoms with E-state index in [1.807, 2.05) is 42.5 Å². The Balaban J connectivity index is 1.16. The molecule has 0 unspecified atom stereocenters. The summed E-state index contributed by atoms with van der Waals surface area (Å²) in [6.07, 6.45) is 5.21. The minimum Gasteiger partial charge on any atom is -0.493 e. The van der Waals surface area contributed by atoms with Crippen LogP contribution in [0.5, 0.6) is 5.75 Å². The van der Waals surface area contributed by atoms with Gasteiger partial charge in [0.15, 0.2) is 0 Å². The zero-order valence-electron chi connectivity index (χ0n) is 15.4. The van der Waals surface area contributed by atoms with Crippen molar-refractivity contribution in [2.75, 3.05) is 39.3 Å². The lowest BCUT2D eigenvalue weighted by atomic mass is 10.2. The van der Waals surface area contributed by atoms with Gasteiger partial charge in [0.2, 0.25) is 0 Å². The molecule has 27 heavy (non-hydrogen) atoms. The van der Waals surface area contributed by atoms with Crippen LogP contribution in [0.15, 0.2) is 54.9 Å². The van der Waals surface area contributed by atoms with Gasteiger partial charge in [-0.1, -0.05) is 23.7 Å². The van der Waals surface area contributed by atoms with E-state index >= 15 is 0 Å². The molecule has 0 aliphatic carbocycles. The largest absolute Gasteiger partial charge is 0.493 e. The molecule has 1 aliphatic heterocycles. The molecule has 0 atom stereocenters. The van der Waals surface area contributed by atoms with E-state index in [9.17, 15) is 0 Å². The van der Waals surface area contributed by atoms with Gasteiger partial charge in [-0.25, -0.2) is 4.98 Å². The van der Waals surface area contributed by atoms with E-state index < -0.39 is 0 Å². The summed E-state index contributed by atoms with van der Waals surface area (Å²) in [6, 6.07) is 13.7. The van der Waals surface area contributed by atoms with Crippen molar-refractivity contribution in [3.05, 3.63) is 65.6 Å². The first kappa shape index (κ1) is 18.3. The molecule has 2 aromatic heterocycles. The number of halogens is 1. The highest BCUT2D eigenvalue weighted by molar-refractivity contribution is 6.30. The topological polar surface area (TPSA) is 33.0 Å². The average Bonchev–Trinajstić information content (AvgIpc) is 3.09. The lowest BCUT2D eigenvalue weighted by Gasteiger charge is -2.34. The van der Waals surface area contributed by atoms with Crippen molar-refractivity contribution < 1.29 is 4.74 Å². The number of fused-ring (bicyclic) bond motifs is 1. The number of ether oxygens (including phenoxy) is 1. The molecule has 1 fully saturated rings. The molecule has 6 heteroatoms. The van der Waals surface area contributed by atoms with Crippen molar-refractivity contribution in [1.82, 2.24) is 19.2 Å². The summed E-state index contributed by atoms with van der Waals surface area (Å²) in [5.41, 5.74) is 2.16. The number of imidazole rings is 1. The van der Waals surface area contributed by atoms with Gasteiger partial charge >= 0.3 is 0 Å². The van der Waals surface area contributed by atoms with E-state index in [1.165, 1.54) is 0 Å². The Kier molecular flexibility index (Phi) is 5.92. The lowest BCUT2D eigenvalue weighted by Crippen LogP contribution is -2.46. The maximum Gasteiger partial charge on any atom is 0.137 e. The normalized spacial score (nSPS) is 16.0. The van der Waals surface area contributed by atoms with Crippen LogP contribution in [0.4, 0.5) is 0 Å². The van der Waals surface area contributed by atoms with Gasteiger partial charge in [0.1, 0.15) is 11.4 Å². The highest BCUT2D eigenvalue weighted by atomic mass is 35.5. The smallest absolute Gasteiger partial charge is 0.137 e. The number of rotatable bonds is 7. The number of piperazine rings is 1. The molecule has 0 saturated carbocycles. The fourth-order valence-corrected chi connectivity index (χ4v) is 3.68. The van der Waals surface area contributed by atoms with Crippen LogP contribution in [0, 0.1) is 0 Å². The standard InChI is InChI=1S/C21H25ClN4O/c22-18-5-3-6-20(15-18)27-14-4-8-24-10-12-25(13-11-24)16-19-17-26-9-2-1-7-21(26)23-19/h1-3,5-7,9,15,17H,4,8,10-14,16H2. The van der Waals surface area contributed by atoms with Crippen LogP contribution < -0.4 is 4.74 Å². The SMILES string of the molecule is Clc1cccc(OCCCN2CCN(Cc3cn4ccccc4n3)CC2)c1. The van der Waals surface area contributed by atoms with Crippen LogP contribution in [0.2, 0.25) is 5.02 Å². The Morgan fingerprint density at radius 2 is 1.85 bits per heavy atom. The van der Waals surface area contributed by atoms with Crippen LogP contribution in [-0.2, 0) is 6.54 Å². The van der Waals surface area contributed by atoms with Crippen LogP contribution in [0.3, 0.4) is 0 Å². The van der Waals surface area contributed by atoms with E-state index in [2.05, 4.69) is 26.6 Å². The molecule has 4 rings (SSSR count). The molecule has 0 N–H and O–H groups in total. The summed E-state index contributed by atoms with van der Waals surface area (Å²) in [5, 5.41) is 0.717. The van der Waals surface area contributed by atoms with Gasteiger partial charge in [0, 0.05) is 56.7 Å². The van der Waals surface area contributed by atoms with Crippen molar-refractivity contribution in [3.8, 4) is 5.75 Å². The molecule has 0 amide bonds. The molecule has 3 heterocycles. The maximum absolute atomic E-state index is 5.98. The molecule has 142 valence electrons. The van der Waals surface area contributed by atoms with Gasteiger partial charge in [0.05, 0.1) is 12.3 Å². The number of hydrogen-bond donors (Lipinski definition) is 0. The quantitative estimate of drug-likeness (QED) is 0.583. The van der Waals surface area contributed by atoms with E-state index in [0.29, 0.717) is 5.02 Å². The summed E-state index contributed by atoms with van der Waals surface area (Å²) in [5.74, 6) is 0.847. The van der Waals surface area contributed by atoms with Crippen molar-refractivity contribution in [2.24, 2.45) is 0 Å². The average molecular weight is 385 g/mol. The Hall–Kier alpha value is -2.08. The Bertz CT molecular complexity index is 840. The number of nitrogens with zero attached hydrogens (tertiary/aromatic N) is 4. The summed E-state index contributed by atoms with van der Waals surface area (Å²) >= 11 is 5.98. The van der Waals surface area contributed by atoms with Gasteiger partial charge < -0.3 is 14.0 Å². The molecular weight excluding hydrogens is 360 g/mol. The van der Waals surface area contributed by atoms with Crippen molar-refractivity contribution >= 4 is 17.2 Å². The molecule has 1 aliphatic rings. The molecule has 0 spiro atoms. The number of hydrogen-bond acceptors (Lipinski definition) is 4. The van der Waals surface area contributed by atoms with E-state index in [4.69, 9.17) is 21.3 Å². The van der Waals surface area contributed by atoms with Crippen LogP contribution in [0.1, 0.15) is 12.1 Å². The molecular formula is C21H25ClN4O. The summed E-state index contributed by atoms with van der Waals surface area (Å²) in [4.78, 5) is 9.71. The van der Waals surface area contributed by atoms with E-state index in [1.54, 1.807) is 0 Å². The maximum atomic E-state index is 5.98. The minimum atomic E-state index is 0.717. The lowest BCUT2D eigenvalue weighted by molar-refractivity contribution is 0.120. The van der Waals surface area contributed by atoms with E-state index in [-0.39, 0.29) is 0 Å². The van der Waals surface area contributed by atoms with Crippen molar-refractivity contribution in [3.63, 3.8) is 0 Å². The third kappa shape index (κ3) is 5.01. The van der Waals surface area contributed by atoms with Crippen LogP contribution >= 0.6 is 11.6 Å². The minimum absolute atomic E-state index is 0.717. The zero-order chi connectivity index (χ0) is 18.5. The third-order valence-electron chi connectivity index (χ3n) is 4.95. The Morgan fingerprint density at radius 3 is 2.67 bits per heavy atom. The van der Waals surface area contributed by atoms with Gasteiger partial charge in [-0.3, -0.25) is 4.90 Å². The summed E-state index contributed by atoms with van der Waals surface area (Å²) < 4.78 is 7.86. The first-order valence-electron chi connectivity index (χ1n) is 9.52. The number of pyridine rings is 1. The molecule has 3 aromatic rings. The van der Waals surface area contributed by atoms with Gasteiger partial charge in [0.25, 0.3) is 0 Å². The second-order valence-electron chi connectivity index (χ2n) is 6.98. The first-order chi connectivity index (χ1) is 13.3. The van der Waals surface area contributed by atoms with Crippen molar-refractivity contribution in [1.29, 1.82) is 0 Å². The highest BCUT2D eigenvalue weighted by Gasteiger charge is 2.17. The van der Waals surface area contributed by atoms with Crippen molar-refractivity contribution in [2.45, 2.75) is 13.0 Å². The Morgan fingerprint density at radius 1 is 1.00 bits per heavy atom. The highest BCUT2D eigenvalue weighted by Crippen LogP contribution is 2.17. The number of aromatic nitrogens is 2. The summed E-state index contributed by atoms with van der Waals surface area (Å²) in [6.45, 7) is 7.10. The molecule has 0 bridgehead atoms. The monoisotopic (exact) mass is 384 g/mol. The first-order valence-corrected chi connectivity index (χ1v) is 9.90. The van der Waals surface area contributed by atoms with E-state index in [0.717, 1.165) is 69.4 Å². The Labute approximate surface area is 165 Å². The summed E-state index contributed by atoms with van der Waals surface area (Å²) in [7, 11) is 0. The van der Waals surface area contributed by atoms with Crippen LogP contribution in [-0.4, -0.2) is 58.5 Å². The predicted molar refractivity (Wildman–Crippen MR) is 108 cm³/mol. The molecule has 5 nitrogen and oxygen atoms in total. The van der Waals surface area contributed by atoms with Gasteiger partial charge in [-0.15, -0.1) is 0 Å². The fraction of sp³-hybridized carbons (Fsp3) is 0.381. The molecule has 1 saturated heterocycles. The molecule has 1 aromatic carbocycles. The zero-order valence-corrected chi connectivity index (χ0v) is 16.2. The fourth-order valence-electron chi connectivity index (χ4n) is 3.50. The predicted octanol–water partition coefficient (Wildman–Crippen LogP) is 3.57. The molecule has 0 radical (unpaired) electrons. The second-order valence-corrected chi connectivity index (χ2v) is 7.41. The number of benzene rings is 1. The van der Waals surface area contributed by atoms with Gasteiger partial charge in [-0.05, 0) is 36.8 Å². The third-order valence-corrected chi connectivity index (χ3v) is 5.18. The second kappa shape index (κ2) is 8.74. The van der Waals surface area contributed by atoms with Gasteiger partial charge in [-0.2, -0.15) is 0 Å². The van der Waals surface area contributed by atoms with Crippen LogP contribution in [0.25, 0.3) is 5.65 Å².